The van der Waals surface area contributed by atoms with Gasteiger partial charge in [-0.2, -0.15) is 0 Å². The van der Waals surface area contributed by atoms with Crippen LogP contribution in [0.4, 0.5) is 0 Å². The fourth-order valence-electron chi connectivity index (χ4n) is 4.40. The summed E-state index contributed by atoms with van der Waals surface area (Å²) in [4.78, 5) is 2.70. The fourth-order valence-corrected chi connectivity index (χ4v) is 5.74. The van der Waals surface area contributed by atoms with E-state index in [9.17, 15) is 0 Å². The Kier molecular flexibility index (Phi) is 3.75. The second-order valence-electron chi connectivity index (χ2n) is 7.33. The third-order valence-electron chi connectivity index (χ3n) is 5.66. The largest absolute Gasteiger partial charge is 0.134 e. The van der Waals surface area contributed by atoms with Gasteiger partial charge in [0.15, 0.2) is 0 Å². The molecule has 0 aliphatic heterocycles. The van der Waals surface area contributed by atoms with Gasteiger partial charge in [-0.15, -0.1) is 11.3 Å². The van der Waals surface area contributed by atoms with E-state index in [1.165, 1.54) is 53.2 Å². The molecular weight excluding hydrogens is 368 g/mol. The van der Waals surface area contributed by atoms with Crippen molar-refractivity contribution in [2.24, 2.45) is 0 Å². The summed E-state index contributed by atoms with van der Waals surface area (Å²) in [6.07, 6.45) is 0. The van der Waals surface area contributed by atoms with Crippen LogP contribution < -0.4 is 0 Å². The van der Waals surface area contributed by atoms with Crippen LogP contribution >= 0.6 is 11.3 Å². The molecular formula is C28H18S. The maximum atomic E-state index is 2.28. The quantitative estimate of drug-likeness (QED) is 0.262. The van der Waals surface area contributed by atoms with E-state index in [1.807, 2.05) is 11.3 Å². The Bertz CT molecular complexity index is 1360. The minimum Gasteiger partial charge on any atom is -0.134 e. The topological polar surface area (TPSA) is 0 Å². The zero-order valence-electron chi connectivity index (χ0n) is 15.8. The molecule has 0 aliphatic carbocycles. The van der Waals surface area contributed by atoms with E-state index in [-0.39, 0.29) is 0 Å². The first kappa shape index (κ1) is 16.5. The van der Waals surface area contributed by atoms with Crippen LogP contribution in [0.15, 0.2) is 109 Å². The van der Waals surface area contributed by atoms with E-state index >= 15 is 0 Å². The monoisotopic (exact) mass is 386 g/mol. The van der Waals surface area contributed by atoms with Crippen LogP contribution in [0.3, 0.4) is 0 Å². The van der Waals surface area contributed by atoms with E-state index in [0.717, 1.165) is 0 Å². The van der Waals surface area contributed by atoms with E-state index in [2.05, 4.69) is 109 Å². The van der Waals surface area contributed by atoms with Crippen LogP contribution in [-0.4, -0.2) is 0 Å². The van der Waals surface area contributed by atoms with Gasteiger partial charge in [0.25, 0.3) is 0 Å². The minimum absolute atomic E-state index is 1.28. The molecule has 0 atom stereocenters. The second-order valence-corrected chi connectivity index (χ2v) is 8.35. The van der Waals surface area contributed by atoms with Gasteiger partial charge in [0.2, 0.25) is 0 Å². The SMILES string of the molecule is c1ccc(-c2sc(-c3ccccc3)c3c4ccccc4c4ccccc4c23)cc1. The Labute approximate surface area is 173 Å². The van der Waals surface area contributed by atoms with Crippen LogP contribution in [-0.2, 0) is 0 Å². The lowest BCUT2D eigenvalue weighted by atomic mass is 9.92. The van der Waals surface area contributed by atoms with Crippen LogP contribution in [0, 0.1) is 0 Å². The Morgan fingerprint density at radius 3 is 1.10 bits per heavy atom. The molecule has 1 aromatic heterocycles. The summed E-state index contributed by atoms with van der Waals surface area (Å²) in [7, 11) is 0. The van der Waals surface area contributed by atoms with Gasteiger partial charge in [-0.05, 0) is 32.7 Å². The van der Waals surface area contributed by atoms with Crippen molar-refractivity contribution in [2.45, 2.75) is 0 Å². The molecule has 5 aromatic carbocycles. The first-order chi connectivity index (χ1) is 14.4. The van der Waals surface area contributed by atoms with Crippen LogP contribution in [0.1, 0.15) is 0 Å². The van der Waals surface area contributed by atoms with Crippen molar-refractivity contribution in [2.75, 3.05) is 0 Å². The summed E-state index contributed by atoms with van der Waals surface area (Å²) < 4.78 is 0. The van der Waals surface area contributed by atoms with E-state index in [0.29, 0.717) is 0 Å². The van der Waals surface area contributed by atoms with Gasteiger partial charge in [0.05, 0.1) is 0 Å². The molecule has 0 bridgehead atoms. The third-order valence-corrected chi connectivity index (χ3v) is 6.95. The van der Waals surface area contributed by atoms with Gasteiger partial charge in [-0.1, -0.05) is 109 Å². The summed E-state index contributed by atoms with van der Waals surface area (Å²) in [5.74, 6) is 0. The Morgan fingerprint density at radius 2 is 0.690 bits per heavy atom. The molecule has 0 saturated carbocycles. The maximum Gasteiger partial charge on any atom is 0.0434 e. The number of rotatable bonds is 2. The lowest BCUT2D eigenvalue weighted by molar-refractivity contribution is 1.71. The van der Waals surface area contributed by atoms with Gasteiger partial charge in [0, 0.05) is 20.5 Å². The molecule has 6 aromatic rings. The van der Waals surface area contributed by atoms with Crippen molar-refractivity contribution < 1.29 is 0 Å². The van der Waals surface area contributed by atoms with Crippen LogP contribution in [0.5, 0.6) is 0 Å². The Morgan fingerprint density at radius 1 is 0.345 bits per heavy atom. The predicted octanol–water partition coefficient (Wildman–Crippen LogP) is 8.54. The molecule has 6 rings (SSSR count). The highest BCUT2D eigenvalue weighted by atomic mass is 32.1. The maximum absolute atomic E-state index is 2.28. The lowest BCUT2D eigenvalue weighted by Crippen LogP contribution is -1.83. The average Bonchev–Trinajstić information content (AvgIpc) is 3.22. The van der Waals surface area contributed by atoms with Crippen molar-refractivity contribution in [3.8, 4) is 20.9 Å². The number of fused-ring (bicyclic) bond motifs is 6. The summed E-state index contributed by atoms with van der Waals surface area (Å²) >= 11 is 1.91. The highest BCUT2D eigenvalue weighted by Crippen LogP contribution is 2.50. The summed E-state index contributed by atoms with van der Waals surface area (Å²) in [5.41, 5.74) is 2.57. The van der Waals surface area contributed by atoms with Crippen molar-refractivity contribution in [3.63, 3.8) is 0 Å². The second kappa shape index (κ2) is 6.58. The van der Waals surface area contributed by atoms with Crippen molar-refractivity contribution >= 4 is 43.7 Å². The van der Waals surface area contributed by atoms with E-state index in [1.54, 1.807) is 0 Å². The van der Waals surface area contributed by atoms with E-state index < -0.39 is 0 Å². The standard InChI is InChI=1S/C28H18S/c1-3-11-19(12-4-1)27-25-23-17-9-7-15-21(23)22-16-8-10-18-24(22)26(25)28(29-27)20-13-5-2-6-14-20/h1-18H. The molecule has 0 aliphatic rings. The fraction of sp³-hybridized carbons (Fsp3) is 0. The predicted molar refractivity (Wildman–Crippen MR) is 128 cm³/mol. The van der Waals surface area contributed by atoms with Crippen molar-refractivity contribution in [1.82, 2.24) is 0 Å². The highest BCUT2D eigenvalue weighted by molar-refractivity contribution is 7.21. The summed E-state index contributed by atoms with van der Waals surface area (Å²) in [6, 6.07) is 39.3. The molecule has 0 spiro atoms. The van der Waals surface area contributed by atoms with Gasteiger partial charge in [0.1, 0.15) is 0 Å². The van der Waals surface area contributed by atoms with Crippen molar-refractivity contribution in [1.29, 1.82) is 0 Å². The lowest BCUT2D eigenvalue weighted by Gasteiger charge is -2.10. The number of thiophene rings is 1. The molecule has 0 fully saturated rings. The van der Waals surface area contributed by atoms with E-state index in [4.69, 9.17) is 0 Å². The first-order valence-electron chi connectivity index (χ1n) is 9.88. The van der Waals surface area contributed by atoms with Crippen LogP contribution in [0.2, 0.25) is 0 Å². The molecule has 136 valence electrons. The van der Waals surface area contributed by atoms with Gasteiger partial charge >= 0.3 is 0 Å². The summed E-state index contributed by atoms with van der Waals surface area (Å²) in [5, 5.41) is 8.05. The number of benzene rings is 5. The Hall–Kier alpha value is -3.42. The Balaban J connectivity index is 1.90. The van der Waals surface area contributed by atoms with Gasteiger partial charge in [-0.3, -0.25) is 0 Å². The first-order valence-corrected chi connectivity index (χ1v) is 10.7. The smallest absolute Gasteiger partial charge is 0.0434 e. The molecule has 0 nitrogen and oxygen atoms in total. The van der Waals surface area contributed by atoms with Gasteiger partial charge in [-0.25, -0.2) is 0 Å². The number of hydrogen-bond acceptors (Lipinski definition) is 1. The molecule has 0 radical (unpaired) electrons. The molecule has 0 unspecified atom stereocenters. The average molecular weight is 387 g/mol. The normalized spacial score (nSPS) is 11.4. The summed E-state index contributed by atoms with van der Waals surface area (Å²) in [6.45, 7) is 0. The minimum atomic E-state index is 1.28. The molecule has 29 heavy (non-hydrogen) atoms. The zero-order chi connectivity index (χ0) is 19.2. The highest BCUT2D eigenvalue weighted by Gasteiger charge is 2.19. The molecule has 0 saturated heterocycles. The molecule has 1 heterocycles. The van der Waals surface area contributed by atoms with Crippen molar-refractivity contribution in [3.05, 3.63) is 109 Å². The molecule has 0 N–H and O–H groups in total. The molecule has 1 heteroatoms. The number of hydrogen-bond donors (Lipinski definition) is 0. The van der Waals surface area contributed by atoms with Gasteiger partial charge < -0.3 is 0 Å². The van der Waals surface area contributed by atoms with Crippen LogP contribution in [0.25, 0.3) is 53.2 Å². The zero-order valence-corrected chi connectivity index (χ0v) is 16.6. The third kappa shape index (κ3) is 2.52. The molecule has 0 amide bonds.